The number of amides is 1. The smallest absolute Gasteiger partial charge is 0.407 e. The molecule has 0 atom stereocenters. The van der Waals surface area contributed by atoms with Crippen molar-refractivity contribution < 1.29 is 18.7 Å². The molecule has 1 saturated heterocycles. The summed E-state index contributed by atoms with van der Waals surface area (Å²) in [4.78, 5) is 24.0. The zero-order valence-corrected chi connectivity index (χ0v) is 18.6. The fourth-order valence-electron chi connectivity index (χ4n) is 4.21. The molecule has 4 aromatic rings. The van der Waals surface area contributed by atoms with E-state index in [-0.39, 0.29) is 5.56 Å². The van der Waals surface area contributed by atoms with Gasteiger partial charge in [0.15, 0.2) is 0 Å². The molecule has 172 valence electrons. The van der Waals surface area contributed by atoms with Crippen LogP contribution in [-0.2, 0) is 0 Å². The van der Waals surface area contributed by atoms with Gasteiger partial charge in [-0.3, -0.25) is 4.98 Å². The Morgan fingerprint density at radius 2 is 1.71 bits per heavy atom. The first-order valence-electron chi connectivity index (χ1n) is 10.7. The molecule has 1 N–H and O–H groups in total. The Bertz CT molecular complexity index is 1410. The van der Waals surface area contributed by atoms with Crippen LogP contribution in [-0.4, -0.2) is 52.2 Å². The molecule has 34 heavy (non-hydrogen) atoms. The van der Waals surface area contributed by atoms with Gasteiger partial charge in [0, 0.05) is 55.0 Å². The van der Waals surface area contributed by atoms with Crippen LogP contribution < -0.4 is 4.90 Å². The van der Waals surface area contributed by atoms with Crippen LogP contribution in [0.15, 0.2) is 60.8 Å². The number of carboxylic acid groups (broad SMARTS) is 1. The number of fused-ring (bicyclic) bond motifs is 1. The van der Waals surface area contributed by atoms with Crippen molar-refractivity contribution in [1.29, 1.82) is 0 Å². The maximum Gasteiger partial charge on any atom is 0.407 e. The second kappa shape index (κ2) is 8.87. The summed E-state index contributed by atoms with van der Waals surface area (Å²) < 4.78 is 28.5. The summed E-state index contributed by atoms with van der Waals surface area (Å²) in [7, 11) is 0. The Labute approximate surface area is 199 Å². The molecule has 3 heterocycles. The summed E-state index contributed by atoms with van der Waals surface area (Å²) in [6.07, 6.45) is 0.643. The Balaban J connectivity index is 1.72. The Hall–Kier alpha value is -3.78. The first-order chi connectivity index (χ1) is 16.4. The number of carbonyl (C=O) groups is 1. The third kappa shape index (κ3) is 4.01. The lowest BCUT2D eigenvalue weighted by atomic mass is 9.98. The lowest BCUT2D eigenvalue weighted by molar-refractivity contribution is 0.142. The molecule has 6 nitrogen and oxygen atoms in total. The fraction of sp³-hybridized carbons (Fsp3) is 0.160. The number of hydrogen-bond acceptors (Lipinski definition) is 4. The van der Waals surface area contributed by atoms with Crippen molar-refractivity contribution in [2.75, 3.05) is 31.1 Å². The number of piperazine rings is 1. The van der Waals surface area contributed by atoms with E-state index in [4.69, 9.17) is 16.6 Å². The van der Waals surface area contributed by atoms with Crippen molar-refractivity contribution in [3.05, 3.63) is 77.5 Å². The van der Waals surface area contributed by atoms with Crippen LogP contribution in [0.25, 0.3) is 33.3 Å². The predicted octanol–water partition coefficient (Wildman–Crippen LogP) is 5.70. The third-order valence-electron chi connectivity index (χ3n) is 5.94. The molecule has 0 unspecified atom stereocenters. The van der Waals surface area contributed by atoms with Gasteiger partial charge in [0.1, 0.15) is 17.5 Å². The van der Waals surface area contributed by atoms with Gasteiger partial charge in [0.05, 0.1) is 16.2 Å². The Morgan fingerprint density at radius 1 is 0.941 bits per heavy atom. The largest absolute Gasteiger partial charge is 0.465 e. The first kappa shape index (κ1) is 22.0. The molecule has 0 aliphatic carbocycles. The lowest BCUT2D eigenvalue weighted by Gasteiger charge is -2.34. The lowest BCUT2D eigenvalue weighted by Crippen LogP contribution is -2.48. The van der Waals surface area contributed by atoms with Gasteiger partial charge >= 0.3 is 6.09 Å². The SMILES string of the molecule is O=C(O)N1CCN(c2cc(-c3ccc(F)cc3F)c3ccnc(-c4ccccc4Cl)c3n2)CC1. The quantitative estimate of drug-likeness (QED) is 0.407. The maximum atomic E-state index is 14.9. The second-order valence-electron chi connectivity index (χ2n) is 7.94. The first-order valence-corrected chi connectivity index (χ1v) is 11.0. The standard InChI is InChI=1S/C25H19ClF2N4O2/c26-20-4-2-1-3-18(20)23-24-17(7-8-29-23)19(16-6-5-15(27)13-21(16)28)14-22(30-24)31-9-11-32(12-10-31)25(33)34/h1-8,13-14H,9-12H2,(H,33,34). The van der Waals surface area contributed by atoms with Crippen LogP contribution in [0.3, 0.4) is 0 Å². The number of rotatable bonds is 3. The number of aromatic nitrogens is 2. The molecule has 1 aliphatic rings. The third-order valence-corrected chi connectivity index (χ3v) is 6.27. The van der Waals surface area contributed by atoms with Crippen LogP contribution in [0.5, 0.6) is 0 Å². The van der Waals surface area contributed by atoms with E-state index in [0.717, 1.165) is 6.07 Å². The zero-order chi connectivity index (χ0) is 23.8. The van der Waals surface area contributed by atoms with E-state index in [0.29, 0.717) is 64.7 Å². The van der Waals surface area contributed by atoms with E-state index < -0.39 is 17.7 Å². The van der Waals surface area contributed by atoms with Crippen LogP contribution >= 0.6 is 11.6 Å². The highest BCUT2D eigenvalue weighted by Gasteiger charge is 2.24. The van der Waals surface area contributed by atoms with Gasteiger partial charge in [-0.1, -0.05) is 29.8 Å². The molecular weight excluding hydrogens is 462 g/mol. The van der Waals surface area contributed by atoms with E-state index in [1.165, 1.54) is 17.0 Å². The minimum Gasteiger partial charge on any atom is -0.465 e. The van der Waals surface area contributed by atoms with Crippen molar-refractivity contribution in [2.45, 2.75) is 0 Å². The number of halogens is 3. The predicted molar refractivity (Wildman–Crippen MR) is 127 cm³/mol. The molecule has 1 aliphatic heterocycles. The molecule has 0 radical (unpaired) electrons. The highest BCUT2D eigenvalue weighted by Crippen LogP contribution is 2.38. The van der Waals surface area contributed by atoms with E-state index in [2.05, 4.69) is 4.98 Å². The highest BCUT2D eigenvalue weighted by molar-refractivity contribution is 6.33. The normalized spacial score (nSPS) is 14.0. The monoisotopic (exact) mass is 480 g/mol. The van der Waals surface area contributed by atoms with E-state index in [1.807, 2.05) is 23.1 Å². The summed E-state index contributed by atoms with van der Waals surface area (Å²) in [6, 6.07) is 14.2. The minimum atomic E-state index is -0.967. The molecule has 2 aromatic heterocycles. The van der Waals surface area contributed by atoms with Crippen LogP contribution in [0.2, 0.25) is 5.02 Å². The van der Waals surface area contributed by atoms with Gasteiger partial charge in [0.2, 0.25) is 0 Å². The average molecular weight is 481 g/mol. The Morgan fingerprint density at radius 3 is 2.41 bits per heavy atom. The van der Waals surface area contributed by atoms with E-state index in [9.17, 15) is 18.7 Å². The number of benzene rings is 2. The van der Waals surface area contributed by atoms with Crippen LogP contribution in [0, 0.1) is 11.6 Å². The molecule has 0 spiro atoms. The topological polar surface area (TPSA) is 69.6 Å². The summed E-state index contributed by atoms with van der Waals surface area (Å²) in [5, 5.41) is 10.4. The summed E-state index contributed by atoms with van der Waals surface area (Å²) in [5.41, 5.74) is 2.51. The van der Waals surface area contributed by atoms with E-state index in [1.54, 1.807) is 24.4 Å². The van der Waals surface area contributed by atoms with Crippen LogP contribution in [0.4, 0.5) is 19.4 Å². The van der Waals surface area contributed by atoms with E-state index >= 15 is 0 Å². The van der Waals surface area contributed by atoms with Crippen molar-refractivity contribution in [3.8, 4) is 22.4 Å². The van der Waals surface area contributed by atoms with Gasteiger partial charge in [0.25, 0.3) is 0 Å². The summed E-state index contributed by atoms with van der Waals surface area (Å²) in [6.45, 7) is 1.50. The molecule has 9 heteroatoms. The molecule has 1 fully saturated rings. The fourth-order valence-corrected chi connectivity index (χ4v) is 4.43. The number of nitrogens with zero attached hydrogens (tertiary/aromatic N) is 4. The van der Waals surface area contributed by atoms with Crippen molar-refractivity contribution in [2.24, 2.45) is 0 Å². The molecule has 0 bridgehead atoms. The second-order valence-corrected chi connectivity index (χ2v) is 8.35. The van der Waals surface area contributed by atoms with Crippen molar-refractivity contribution in [1.82, 2.24) is 14.9 Å². The summed E-state index contributed by atoms with van der Waals surface area (Å²) in [5.74, 6) is -0.800. The van der Waals surface area contributed by atoms with Gasteiger partial charge in [-0.25, -0.2) is 18.6 Å². The number of pyridine rings is 2. The zero-order valence-electron chi connectivity index (χ0n) is 17.9. The molecule has 1 amide bonds. The highest BCUT2D eigenvalue weighted by atomic mass is 35.5. The number of hydrogen-bond donors (Lipinski definition) is 1. The van der Waals surface area contributed by atoms with Gasteiger partial charge < -0.3 is 14.9 Å². The Kier molecular flexibility index (Phi) is 5.75. The number of anilines is 1. The van der Waals surface area contributed by atoms with Crippen LogP contribution in [0.1, 0.15) is 0 Å². The van der Waals surface area contributed by atoms with Crippen molar-refractivity contribution in [3.63, 3.8) is 0 Å². The van der Waals surface area contributed by atoms with Gasteiger partial charge in [-0.05, 0) is 35.9 Å². The minimum absolute atomic E-state index is 0.232. The van der Waals surface area contributed by atoms with Gasteiger partial charge in [-0.15, -0.1) is 0 Å². The molecule has 0 saturated carbocycles. The van der Waals surface area contributed by atoms with Crippen molar-refractivity contribution >= 4 is 34.4 Å². The maximum absolute atomic E-state index is 14.9. The molecule has 5 rings (SSSR count). The summed E-state index contributed by atoms with van der Waals surface area (Å²) >= 11 is 6.45. The molecular formula is C25H19ClF2N4O2. The average Bonchev–Trinajstić information content (AvgIpc) is 2.84. The van der Waals surface area contributed by atoms with Gasteiger partial charge in [-0.2, -0.15) is 0 Å². The molecule has 2 aromatic carbocycles.